The molecular weight excluding hydrogens is 302 g/mol. The molecule has 2 rings (SSSR count). The van der Waals surface area contributed by atoms with Crippen LogP contribution in [0.1, 0.15) is 46.0 Å². The SMILES string of the molecule is CCC(C)C(=O)Nc1cccc(NC(=O)CN2CCCCCC2)c1. The number of hydrogen-bond acceptors (Lipinski definition) is 3. The normalized spacial score (nSPS) is 16.9. The van der Waals surface area contributed by atoms with Gasteiger partial charge in [-0.05, 0) is 50.6 Å². The van der Waals surface area contributed by atoms with Crippen LogP contribution >= 0.6 is 0 Å². The van der Waals surface area contributed by atoms with E-state index in [4.69, 9.17) is 0 Å². The molecule has 5 nitrogen and oxygen atoms in total. The van der Waals surface area contributed by atoms with Crippen molar-refractivity contribution in [2.45, 2.75) is 46.0 Å². The fraction of sp³-hybridized carbons (Fsp3) is 0.579. The maximum atomic E-state index is 12.2. The van der Waals surface area contributed by atoms with Gasteiger partial charge in [-0.1, -0.05) is 32.8 Å². The Morgan fingerprint density at radius 3 is 2.33 bits per heavy atom. The van der Waals surface area contributed by atoms with Crippen LogP contribution in [0.25, 0.3) is 0 Å². The Balaban J connectivity index is 1.88. The molecule has 2 N–H and O–H groups in total. The summed E-state index contributed by atoms with van der Waals surface area (Å²) < 4.78 is 0. The summed E-state index contributed by atoms with van der Waals surface area (Å²) in [6.45, 7) is 6.33. The van der Waals surface area contributed by atoms with E-state index >= 15 is 0 Å². The Bertz CT molecular complexity index is 551. The monoisotopic (exact) mass is 331 g/mol. The van der Waals surface area contributed by atoms with Gasteiger partial charge < -0.3 is 10.6 Å². The summed E-state index contributed by atoms with van der Waals surface area (Å²) in [5, 5.41) is 5.83. The summed E-state index contributed by atoms with van der Waals surface area (Å²) in [6.07, 6.45) is 5.67. The van der Waals surface area contributed by atoms with Crippen molar-refractivity contribution < 1.29 is 9.59 Å². The summed E-state index contributed by atoms with van der Waals surface area (Å²) >= 11 is 0. The lowest BCUT2D eigenvalue weighted by Crippen LogP contribution is -2.33. The first-order valence-electron chi connectivity index (χ1n) is 9.01. The highest BCUT2D eigenvalue weighted by molar-refractivity contribution is 5.95. The molecule has 1 saturated heterocycles. The Labute approximate surface area is 144 Å². The molecule has 5 heteroatoms. The molecule has 0 spiro atoms. The molecule has 0 aliphatic carbocycles. The van der Waals surface area contributed by atoms with Gasteiger partial charge in [-0.3, -0.25) is 14.5 Å². The first-order valence-corrected chi connectivity index (χ1v) is 9.01. The van der Waals surface area contributed by atoms with E-state index in [9.17, 15) is 9.59 Å². The fourth-order valence-electron chi connectivity index (χ4n) is 2.82. The number of hydrogen-bond donors (Lipinski definition) is 2. The van der Waals surface area contributed by atoms with Crippen molar-refractivity contribution in [2.24, 2.45) is 5.92 Å². The molecular formula is C19H29N3O2. The number of likely N-dealkylation sites (tertiary alicyclic amines) is 1. The molecule has 1 unspecified atom stereocenters. The summed E-state index contributed by atoms with van der Waals surface area (Å²) in [5.41, 5.74) is 1.43. The largest absolute Gasteiger partial charge is 0.326 e. The van der Waals surface area contributed by atoms with E-state index in [0.29, 0.717) is 12.2 Å². The highest BCUT2D eigenvalue weighted by atomic mass is 16.2. The summed E-state index contributed by atoms with van der Waals surface area (Å²) in [5.74, 6) is -0.0147. The predicted molar refractivity (Wildman–Crippen MR) is 98.1 cm³/mol. The van der Waals surface area contributed by atoms with Gasteiger partial charge in [0, 0.05) is 17.3 Å². The lowest BCUT2D eigenvalue weighted by Gasteiger charge is -2.19. The standard InChI is InChI=1S/C19H29N3O2/c1-3-15(2)19(24)21-17-10-8-9-16(13-17)20-18(23)14-22-11-6-4-5-7-12-22/h8-10,13,15H,3-7,11-12,14H2,1-2H3,(H,20,23)(H,21,24). The Hall–Kier alpha value is -1.88. The zero-order chi connectivity index (χ0) is 17.4. The van der Waals surface area contributed by atoms with Gasteiger partial charge in [-0.25, -0.2) is 0 Å². The molecule has 2 amide bonds. The average Bonchev–Trinajstić information content (AvgIpc) is 2.82. The van der Waals surface area contributed by atoms with Gasteiger partial charge >= 0.3 is 0 Å². The minimum absolute atomic E-state index is 0.00213. The topological polar surface area (TPSA) is 61.4 Å². The molecule has 1 aromatic rings. The van der Waals surface area contributed by atoms with Crippen LogP contribution in [0.2, 0.25) is 0 Å². The third-order valence-corrected chi connectivity index (χ3v) is 4.54. The molecule has 0 radical (unpaired) electrons. The average molecular weight is 331 g/mol. The highest BCUT2D eigenvalue weighted by Gasteiger charge is 2.14. The van der Waals surface area contributed by atoms with E-state index in [-0.39, 0.29) is 17.7 Å². The Kier molecular flexibility index (Phi) is 7.25. The van der Waals surface area contributed by atoms with Crippen molar-refractivity contribution in [1.29, 1.82) is 0 Å². The van der Waals surface area contributed by atoms with Gasteiger partial charge in [0.2, 0.25) is 11.8 Å². The van der Waals surface area contributed by atoms with Gasteiger partial charge in [0.25, 0.3) is 0 Å². The van der Waals surface area contributed by atoms with Crippen LogP contribution < -0.4 is 10.6 Å². The van der Waals surface area contributed by atoms with Gasteiger partial charge in [0.15, 0.2) is 0 Å². The first-order chi connectivity index (χ1) is 11.6. The smallest absolute Gasteiger partial charge is 0.238 e. The molecule has 132 valence electrons. The van der Waals surface area contributed by atoms with Crippen molar-refractivity contribution >= 4 is 23.2 Å². The number of rotatable bonds is 6. The van der Waals surface area contributed by atoms with E-state index in [1.54, 1.807) is 6.07 Å². The van der Waals surface area contributed by atoms with E-state index in [1.165, 1.54) is 25.7 Å². The van der Waals surface area contributed by atoms with Crippen molar-refractivity contribution in [2.75, 3.05) is 30.3 Å². The van der Waals surface area contributed by atoms with E-state index in [2.05, 4.69) is 15.5 Å². The quantitative estimate of drug-likeness (QED) is 0.839. The molecule has 1 aromatic carbocycles. The second kappa shape index (κ2) is 9.42. The summed E-state index contributed by atoms with van der Waals surface area (Å²) in [7, 11) is 0. The van der Waals surface area contributed by atoms with Gasteiger partial charge in [-0.15, -0.1) is 0 Å². The number of nitrogens with zero attached hydrogens (tertiary/aromatic N) is 1. The number of benzene rings is 1. The number of carbonyl (C=O) groups is 2. The minimum Gasteiger partial charge on any atom is -0.326 e. The van der Waals surface area contributed by atoms with Crippen LogP contribution in [0, 0.1) is 5.92 Å². The maximum absolute atomic E-state index is 12.2. The van der Waals surface area contributed by atoms with Crippen LogP contribution in [0.4, 0.5) is 11.4 Å². The summed E-state index contributed by atoms with van der Waals surface area (Å²) in [4.78, 5) is 26.4. The number of amides is 2. The summed E-state index contributed by atoms with van der Waals surface area (Å²) in [6, 6.07) is 7.33. The second-order valence-electron chi connectivity index (χ2n) is 6.62. The number of nitrogens with one attached hydrogen (secondary N) is 2. The maximum Gasteiger partial charge on any atom is 0.238 e. The zero-order valence-corrected chi connectivity index (χ0v) is 14.8. The lowest BCUT2D eigenvalue weighted by molar-refractivity contribution is -0.119. The zero-order valence-electron chi connectivity index (χ0n) is 14.8. The molecule has 1 fully saturated rings. The van der Waals surface area contributed by atoms with E-state index in [0.717, 1.165) is 25.2 Å². The van der Waals surface area contributed by atoms with Gasteiger partial charge in [0.1, 0.15) is 0 Å². The molecule has 0 aromatic heterocycles. The van der Waals surface area contributed by atoms with E-state index < -0.39 is 0 Å². The molecule has 24 heavy (non-hydrogen) atoms. The predicted octanol–water partition coefficient (Wildman–Crippen LogP) is 3.49. The Morgan fingerprint density at radius 2 is 1.71 bits per heavy atom. The van der Waals surface area contributed by atoms with Gasteiger partial charge in [-0.2, -0.15) is 0 Å². The van der Waals surface area contributed by atoms with Crippen LogP contribution in [0.5, 0.6) is 0 Å². The van der Waals surface area contributed by atoms with Crippen molar-refractivity contribution in [3.63, 3.8) is 0 Å². The number of carbonyl (C=O) groups excluding carboxylic acids is 2. The van der Waals surface area contributed by atoms with Crippen LogP contribution in [-0.2, 0) is 9.59 Å². The first kappa shape index (κ1) is 18.5. The van der Waals surface area contributed by atoms with Crippen molar-refractivity contribution in [1.82, 2.24) is 4.90 Å². The van der Waals surface area contributed by atoms with Crippen LogP contribution in [-0.4, -0.2) is 36.3 Å². The minimum atomic E-state index is -0.0220. The van der Waals surface area contributed by atoms with Crippen LogP contribution in [0.15, 0.2) is 24.3 Å². The Morgan fingerprint density at radius 1 is 1.08 bits per heavy atom. The lowest BCUT2D eigenvalue weighted by atomic mass is 10.1. The molecule has 0 saturated carbocycles. The van der Waals surface area contributed by atoms with Gasteiger partial charge in [0.05, 0.1) is 6.54 Å². The molecule has 1 aliphatic rings. The van der Waals surface area contributed by atoms with E-state index in [1.807, 2.05) is 32.0 Å². The molecule has 0 bridgehead atoms. The number of anilines is 2. The molecule has 1 atom stereocenters. The van der Waals surface area contributed by atoms with Crippen molar-refractivity contribution in [3.8, 4) is 0 Å². The molecule has 1 aliphatic heterocycles. The molecule has 1 heterocycles. The third kappa shape index (κ3) is 5.96. The highest BCUT2D eigenvalue weighted by Crippen LogP contribution is 2.17. The van der Waals surface area contributed by atoms with Crippen LogP contribution in [0.3, 0.4) is 0 Å². The fourth-order valence-corrected chi connectivity index (χ4v) is 2.82. The van der Waals surface area contributed by atoms with Crippen molar-refractivity contribution in [3.05, 3.63) is 24.3 Å². The third-order valence-electron chi connectivity index (χ3n) is 4.54. The second-order valence-corrected chi connectivity index (χ2v) is 6.62.